The number of aryl methyl sites for hydroxylation is 1. The number of benzene rings is 1. The predicted molar refractivity (Wildman–Crippen MR) is 99.5 cm³/mol. The first-order valence-electron chi connectivity index (χ1n) is 7.91. The van der Waals surface area contributed by atoms with Crippen LogP contribution in [0.25, 0.3) is 0 Å². The number of carbonyl (C=O) groups excluding carboxylic acids is 1. The fourth-order valence-corrected chi connectivity index (χ4v) is 3.41. The van der Waals surface area contributed by atoms with Crippen molar-refractivity contribution in [2.45, 2.75) is 26.2 Å². The van der Waals surface area contributed by atoms with Gasteiger partial charge in [-0.15, -0.1) is 12.4 Å². The number of hydrogen-bond donors (Lipinski definition) is 1. The quantitative estimate of drug-likeness (QED) is 0.788. The van der Waals surface area contributed by atoms with Crippen LogP contribution in [0.4, 0.5) is 0 Å². The monoisotopic (exact) mass is 404 g/mol. The van der Waals surface area contributed by atoms with E-state index in [2.05, 4.69) is 21.2 Å². The van der Waals surface area contributed by atoms with Gasteiger partial charge in [-0.1, -0.05) is 6.07 Å². The third-order valence-electron chi connectivity index (χ3n) is 4.12. The number of halogens is 2. The lowest BCUT2D eigenvalue weighted by Crippen LogP contribution is -2.40. The lowest BCUT2D eigenvalue weighted by atomic mass is 9.97. The number of likely N-dealkylation sites (tertiary alicyclic amines) is 1. The molecular formula is C17H26BrClN2O2. The van der Waals surface area contributed by atoms with Crippen LogP contribution < -0.4 is 10.1 Å². The summed E-state index contributed by atoms with van der Waals surface area (Å²) in [6.45, 7) is 5.26. The smallest absolute Gasteiger partial charge is 0.225 e. The van der Waals surface area contributed by atoms with Crippen molar-refractivity contribution in [3.63, 3.8) is 0 Å². The largest absolute Gasteiger partial charge is 0.492 e. The molecule has 0 aromatic heterocycles. The van der Waals surface area contributed by atoms with E-state index in [9.17, 15) is 4.79 Å². The topological polar surface area (TPSA) is 41.6 Å². The van der Waals surface area contributed by atoms with Gasteiger partial charge in [0.25, 0.3) is 0 Å². The van der Waals surface area contributed by atoms with Crippen molar-refractivity contribution in [2.24, 2.45) is 5.92 Å². The Morgan fingerprint density at radius 1 is 1.39 bits per heavy atom. The van der Waals surface area contributed by atoms with Crippen LogP contribution in [-0.2, 0) is 4.79 Å². The Kier molecular flexibility index (Phi) is 8.95. The highest BCUT2D eigenvalue weighted by atomic mass is 79.9. The summed E-state index contributed by atoms with van der Waals surface area (Å²) in [6, 6.07) is 5.96. The molecule has 0 saturated carbocycles. The fraction of sp³-hybridized carbons (Fsp3) is 0.588. The van der Waals surface area contributed by atoms with Crippen molar-refractivity contribution >= 4 is 34.2 Å². The highest BCUT2D eigenvalue weighted by Crippen LogP contribution is 2.26. The molecule has 1 aromatic rings. The Morgan fingerprint density at radius 2 is 2.09 bits per heavy atom. The molecule has 0 radical (unpaired) electrons. The van der Waals surface area contributed by atoms with Crippen LogP contribution >= 0.6 is 28.3 Å². The highest BCUT2D eigenvalue weighted by Gasteiger charge is 2.22. The summed E-state index contributed by atoms with van der Waals surface area (Å²) >= 11 is 3.49. The number of nitrogens with one attached hydrogen (secondary N) is 1. The minimum Gasteiger partial charge on any atom is -0.492 e. The molecular weight excluding hydrogens is 380 g/mol. The van der Waals surface area contributed by atoms with Crippen LogP contribution in [-0.4, -0.2) is 44.1 Å². The third kappa shape index (κ3) is 6.32. The van der Waals surface area contributed by atoms with Gasteiger partial charge in [0.15, 0.2) is 0 Å². The lowest BCUT2D eigenvalue weighted by molar-refractivity contribution is -0.133. The van der Waals surface area contributed by atoms with E-state index in [0.717, 1.165) is 42.7 Å². The molecule has 1 aliphatic heterocycles. The summed E-state index contributed by atoms with van der Waals surface area (Å²) < 4.78 is 6.65. The summed E-state index contributed by atoms with van der Waals surface area (Å²) in [5, 5.41) is 3.22. The van der Waals surface area contributed by atoms with Crippen LogP contribution in [0.1, 0.15) is 24.8 Å². The van der Waals surface area contributed by atoms with E-state index < -0.39 is 0 Å². The minimum atomic E-state index is 0. The summed E-state index contributed by atoms with van der Waals surface area (Å²) in [5.74, 6) is 1.70. The zero-order valence-electron chi connectivity index (χ0n) is 13.8. The van der Waals surface area contributed by atoms with Crippen LogP contribution in [0.15, 0.2) is 22.7 Å². The Morgan fingerprint density at radius 3 is 2.70 bits per heavy atom. The second-order valence-corrected chi connectivity index (χ2v) is 6.77. The van der Waals surface area contributed by atoms with Gasteiger partial charge in [0.05, 0.1) is 17.5 Å². The second-order valence-electron chi connectivity index (χ2n) is 5.91. The zero-order valence-corrected chi connectivity index (χ0v) is 16.2. The zero-order chi connectivity index (χ0) is 15.9. The predicted octanol–water partition coefficient (Wildman–Crippen LogP) is 3.41. The van der Waals surface area contributed by atoms with Gasteiger partial charge in [-0.2, -0.15) is 0 Å². The number of nitrogens with zero attached hydrogens (tertiary/aromatic N) is 1. The maximum Gasteiger partial charge on any atom is 0.225 e. The van der Waals surface area contributed by atoms with Crippen LogP contribution in [0.2, 0.25) is 0 Å². The van der Waals surface area contributed by atoms with Gasteiger partial charge in [-0.25, -0.2) is 0 Å². The summed E-state index contributed by atoms with van der Waals surface area (Å²) in [6.07, 6.45) is 2.63. The van der Waals surface area contributed by atoms with E-state index in [1.165, 1.54) is 5.56 Å². The van der Waals surface area contributed by atoms with Crippen molar-refractivity contribution in [3.05, 3.63) is 28.2 Å². The van der Waals surface area contributed by atoms with Gasteiger partial charge in [0.2, 0.25) is 5.91 Å². The van der Waals surface area contributed by atoms with Gasteiger partial charge in [-0.3, -0.25) is 4.79 Å². The van der Waals surface area contributed by atoms with Gasteiger partial charge < -0.3 is 15.0 Å². The van der Waals surface area contributed by atoms with E-state index in [4.69, 9.17) is 4.74 Å². The lowest BCUT2D eigenvalue weighted by Gasteiger charge is -2.32. The van der Waals surface area contributed by atoms with Crippen molar-refractivity contribution in [1.82, 2.24) is 10.2 Å². The normalized spacial score (nSPS) is 15.2. The number of ether oxygens (including phenoxy) is 1. The third-order valence-corrected chi connectivity index (χ3v) is 4.74. The summed E-state index contributed by atoms with van der Waals surface area (Å²) in [4.78, 5) is 14.2. The molecule has 0 spiro atoms. The Hall–Kier alpha value is -0.780. The van der Waals surface area contributed by atoms with Crippen molar-refractivity contribution in [1.29, 1.82) is 0 Å². The first kappa shape index (κ1) is 20.3. The first-order chi connectivity index (χ1) is 10.6. The van der Waals surface area contributed by atoms with Crippen molar-refractivity contribution < 1.29 is 9.53 Å². The maximum atomic E-state index is 12.2. The van der Waals surface area contributed by atoms with E-state index in [-0.39, 0.29) is 18.3 Å². The molecule has 1 aromatic carbocycles. The molecule has 0 atom stereocenters. The molecule has 4 nitrogen and oxygen atoms in total. The van der Waals surface area contributed by atoms with E-state index in [1.54, 1.807) is 0 Å². The molecule has 1 fully saturated rings. The molecule has 0 aliphatic carbocycles. The maximum absolute atomic E-state index is 12.2. The van der Waals surface area contributed by atoms with E-state index in [1.807, 2.05) is 37.1 Å². The number of hydrogen-bond acceptors (Lipinski definition) is 3. The molecule has 2 rings (SSSR count). The average molecular weight is 406 g/mol. The average Bonchev–Trinajstić information content (AvgIpc) is 2.50. The van der Waals surface area contributed by atoms with Crippen molar-refractivity contribution in [3.8, 4) is 5.75 Å². The molecule has 1 amide bonds. The first-order valence-corrected chi connectivity index (χ1v) is 8.70. The van der Waals surface area contributed by atoms with E-state index in [0.29, 0.717) is 18.9 Å². The fourth-order valence-electron chi connectivity index (χ4n) is 2.80. The number of piperidine rings is 1. The molecule has 6 heteroatoms. The molecule has 1 saturated heterocycles. The van der Waals surface area contributed by atoms with Gasteiger partial charge in [-0.05, 0) is 72.9 Å². The number of amides is 1. The van der Waals surface area contributed by atoms with Crippen LogP contribution in [0.3, 0.4) is 0 Å². The number of rotatable bonds is 6. The molecule has 0 bridgehead atoms. The second kappa shape index (κ2) is 10.2. The minimum absolute atomic E-state index is 0. The molecule has 23 heavy (non-hydrogen) atoms. The number of carbonyl (C=O) groups is 1. The van der Waals surface area contributed by atoms with Crippen molar-refractivity contribution in [2.75, 3.05) is 33.3 Å². The summed E-state index contributed by atoms with van der Waals surface area (Å²) in [7, 11) is 1.98. The Balaban J connectivity index is 0.00000264. The molecule has 1 heterocycles. The molecule has 1 aliphatic rings. The summed E-state index contributed by atoms with van der Waals surface area (Å²) in [5.41, 5.74) is 1.18. The van der Waals surface area contributed by atoms with Crippen LogP contribution in [0, 0.1) is 12.8 Å². The SMILES string of the molecule is CNCC1CCN(C(=O)CCOc2ccc(C)cc2Br)CC1.Cl. The van der Waals surface area contributed by atoms with Crippen LogP contribution in [0.5, 0.6) is 5.75 Å². The molecule has 1 N–H and O–H groups in total. The molecule has 0 unspecified atom stereocenters. The Labute approximate surface area is 153 Å². The Bertz CT molecular complexity index is 505. The van der Waals surface area contributed by atoms with Gasteiger partial charge in [0, 0.05) is 13.1 Å². The standard InChI is InChI=1S/C17H25BrN2O2.ClH/c1-13-3-4-16(15(18)11-13)22-10-7-17(21)20-8-5-14(6-9-20)12-19-2;/h3-4,11,14,19H,5-10,12H2,1-2H3;1H. The highest BCUT2D eigenvalue weighted by molar-refractivity contribution is 9.10. The van der Waals surface area contributed by atoms with E-state index >= 15 is 0 Å². The van der Waals surface area contributed by atoms with Gasteiger partial charge >= 0.3 is 0 Å². The molecule has 130 valence electrons. The van der Waals surface area contributed by atoms with Gasteiger partial charge in [0.1, 0.15) is 5.75 Å².